The van der Waals surface area contributed by atoms with Crippen LogP contribution in [0.1, 0.15) is 25.3 Å². The molecule has 0 N–H and O–H groups in total. The Morgan fingerprint density at radius 1 is 0.968 bits per heavy atom. The second-order valence-electron chi connectivity index (χ2n) is 8.11. The Hall–Kier alpha value is -3.12. The third-order valence-corrected chi connectivity index (χ3v) is 6.12. The van der Waals surface area contributed by atoms with E-state index in [1.807, 2.05) is 49.2 Å². The summed E-state index contributed by atoms with van der Waals surface area (Å²) in [5.41, 5.74) is 2.28. The van der Waals surface area contributed by atoms with E-state index in [1.54, 1.807) is 24.3 Å². The number of likely N-dealkylation sites (tertiary alicyclic amines) is 1. The van der Waals surface area contributed by atoms with E-state index in [2.05, 4.69) is 11.9 Å². The lowest BCUT2D eigenvalue weighted by Crippen LogP contribution is -2.43. The van der Waals surface area contributed by atoms with Crippen LogP contribution < -0.4 is 9.64 Å². The van der Waals surface area contributed by atoms with Gasteiger partial charge in [-0.25, -0.2) is 4.90 Å². The molecule has 4 rings (SSSR count). The number of benzene rings is 2. The standard InChI is InChI=1S/C25H29N3O3/c1-4-31-21-12-10-20(11-13-21)28-24(29)22(18-8-6-5-7-9-18)23(25(28)30)27(3)19-14-16-26(2)17-15-19/h5-13,19H,4,14-17H2,1-3H3. The molecule has 6 heteroatoms. The highest BCUT2D eigenvalue weighted by molar-refractivity contribution is 6.45. The van der Waals surface area contributed by atoms with Gasteiger partial charge in [0.2, 0.25) is 0 Å². The van der Waals surface area contributed by atoms with Crippen molar-refractivity contribution in [1.82, 2.24) is 9.80 Å². The van der Waals surface area contributed by atoms with Crippen LogP contribution in [-0.2, 0) is 9.59 Å². The van der Waals surface area contributed by atoms with Crippen molar-refractivity contribution in [2.75, 3.05) is 38.7 Å². The Balaban J connectivity index is 1.72. The summed E-state index contributed by atoms with van der Waals surface area (Å²) in [6.45, 7) is 4.44. The number of piperidine rings is 1. The van der Waals surface area contributed by atoms with Crippen LogP contribution in [0.25, 0.3) is 5.57 Å². The van der Waals surface area contributed by atoms with Crippen molar-refractivity contribution in [3.05, 3.63) is 65.9 Å². The molecule has 2 amide bonds. The molecule has 0 radical (unpaired) electrons. The molecule has 2 aromatic carbocycles. The van der Waals surface area contributed by atoms with Crippen molar-refractivity contribution in [2.45, 2.75) is 25.8 Å². The quantitative estimate of drug-likeness (QED) is 0.672. The Morgan fingerprint density at radius 3 is 2.23 bits per heavy atom. The molecule has 0 aromatic heterocycles. The van der Waals surface area contributed by atoms with Gasteiger partial charge in [-0.05, 0) is 69.7 Å². The van der Waals surface area contributed by atoms with Gasteiger partial charge < -0.3 is 14.5 Å². The van der Waals surface area contributed by atoms with Gasteiger partial charge in [0.15, 0.2) is 0 Å². The highest BCUT2D eigenvalue weighted by Crippen LogP contribution is 2.36. The van der Waals surface area contributed by atoms with Crippen LogP contribution in [0.5, 0.6) is 5.75 Å². The third-order valence-electron chi connectivity index (χ3n) is 6.12. The summed E-state index contributed by atoms with van der Waals surface area (Å²) in [6, 6.07) is 16.8. The number of hydrogen-bond acceptors (Lipinski definition) is 5. The molecule has 31 heavy (non-hydrogen) atoms. The number of carbonyl (C=O) groups excluding carboxylic acids is 2. The van der Waals surface area contributed by atoms with Crippen LogP contribution in [0.4, 0.5) is 5.69 Å². The maximum absolute atomic E-state index is 13.6. The van der Waals surface area contributed by atoms with Gasteiger partial charge in [-0.1, -0.05) is 30.3 Å². The first-order chi connectivity index (χ1) is 15.0. The second kappa shape index (κ2) is 8.94. The maximum atomic E-state index is 13.6. The summed E-state index contributed by atoms with van der Waals surface area (Å²) >= 11 is 0. The van der Waals surface area contributed by atoms with Crippen LogP contribution in [0.3, 0.4) is 0 Å². The van der Waals surface area contributed by atoms with Crippen molar-refractivity contribution in [2.24, 2.45) is 0 Å². The van der Waals surface area contributed by atoms with Crippen LogP contribution in [0, 0.1) is 0 Å². The molecular formula is C25H29N3O3. The van der Waals surface area contributed by atoms with E-state index in [0.717, 1.165) is 31.5 Å². The summed E-state index contributed by atoms with van der Waals surface area (Å²) < 4.78 is 5.50. The fraction of sp³-hybridized carbons (Fsp3) is 0.360. The van der Waals surface area contributed by atoms with E-state index >= 15 is 0 Å². The number of amides is 2. The van der Waals surface area contributed by atoms with Gasteiger partial charge in [-0.15, -0.1) is 0 Å². The first kappa shape index (κ1) is 21.1. The number of ether oxygens (including phenoxy) is 1. The molecule has 2 heterocycles. The molecule has 2 aromatic rings. The van der Waals surface area contributed by atoms with E-state index < -0.39 is 0 Å². The molecule has 1 fully saturated rings. The second-order valence-corrected chi connectivity index (χ2v) is 8.11. The number of anilines is 1. The molecule has 0 bridgehead atoms. The van der Waals surface area contributed by atoms with Crippen molar-refractivity contribution >= 4 is 23.1 Å². The molecule has 2 aliphatic rings. The molecule has 1 saturated heterocycles. The van der Waals surface area contributed by atoms with Gasteiger partial charge in [0.05, 0.1) is 17.9 Å². The fourth-order valence-electron chi connectivity index (χ4n) is 4.37. The zero-order valence-corrected chi connectivity index (χ0v) is 18.4. The van der Waals surface area contributed by atoms with Crippen LogP contribution in [-0.4, -0.2) is 61.4 Å². The van der Waals surface area contributed by atoms with Crippen molar-refractivity contribution in [1.29, 1.82) is 0 Å². The lowest BCUT2D eigenvalue weighted by molar-refractivity contribution is -0.120. The van der Waals surface area contributed by atoms with Gasteiger partial charge in [-0.3, -0.25) is 9.59 Å². The van der Waals surface area contributed by atoms with E-state index in [0.29, 0.717) is 29.3 Å². The van der Waals surface area contributed by atoms with Gasteiger partial charge in [0, 0.05) is 13.1 Å². The monoisotopic (exact) mass is 419 g/mol. The third kappa shape index (κ3) is 4.08. The Morgan fingerprint density at radius 2 is 1.61 bits per heavy atom. The molecular weight excluding hydrogens is 390 g/mol. The van der Waals surface area contributed by atoms with Crippen molar-refractivity contribution in [3.63, 3.8) is 0 Å². The minimum Gasteiger partial charge on any atom is -0.494 e. The normalized spacial score (nSPS) is 18.1. The predicted molar refractivity (Wildman–Crippen MR) is 122 cm³/mol. The van der Waals surface area contributed by atoms with Crippen LogP contribution in [0.15, 0.2) is 60.3 Å². The molecule has 2 aliphatic heterocycles. The molecule has 0 saturated carbocycles. The zero-order chi connectivity index (χ0) is 22.0. The fourth-order valence-corrected chi connectivity index (χ4v) is 4.37. The maximum Gasteiger partial charge on any atom is 0.282 e. The average Bonchev–Trinajstić information content (AvgIpc) is 3.05. The van der Waals surface area contributed by atoms with Crippen molar-refractivity contribution in [3.8, 4) is 5.75 Å². The Kier molecular flexibility index (Phi) is 6.09. The predicted octanol–water partition coefficient (Wildman–Crippen LogP) is 3.40. The van der Waals surface area contributed by atoms with E-state index in [-0.39, 0.29) is 17.9 Å². The summed E-state index contributed by atoms with van der Waals surface area (Å²) in [7, 11) is 4.06. The molecule has 6 nitrogen and oxygen atoms in total. The van der Waals surface area contributed by atoms with Gasteiger partial charge >= 0.3 is 0 Å². The number of hydrogen-bond donors (Lipinski definition) is 0. The van der Waals surface area contributed by atoms with E-state index in [1.165, 1.54) is 4.90 Å². The van der Waals surface area contributed by atoms with E-state index in [9.17, 15) is 9.59 Å². The molecule has 0 spiro atoms. The average molecular weight is 420 g/mol. The smallest absolute Gasteiger partial charge is 0.282 e. The summed E-state index contributed by atoms with van der Waals surface area (Å²) in [6.07, 6.45) is 1.92. The first-order valence-electron chi connectivity index (χ1n) is 10.8. The van der Waals surface area contributed by atoms with Gasteiger partial charge in [0.25, 0.3) is 11.8 Å². The highest BCUT2D eigenvalue weighted by Gasteiger charge is 2.43. The largest absolute Gasteiger partial charge is 0.494 e. The minimum atomic E-state index is -0.282. The first-order valence-corrected chi connectivity index (χ1v) is 10.8. The zero-order valence-electron chi connectivity index (χ0n) is 18.4. The number of likely N-dealkylation sites (N-methyl/N-ethyl adjacent to an activating group) is 1. The number of rotatable bonds is 6. The summed E-state index contributed by atoms with van der Waals surface area (Å²) in [4.78, 5) is 32.8. The highest BCUT2D eigenvalue weighted by atomic mass is 16.5. The lowest BCUT2D eigenvalue weighted by atomic mass is 10.0. The SMILES string of the molecule is CCOc1ccc(N2C(=O)C(c3ccccc3)=C(N(C)C3CCN(C)CC3)C2=O)cc1. The van der Waals surface area contributed by atoms with Gasteiger partial charge in [-0.2, -0.15) is 0 Å². The van der Waals surface area contributed by atoms with Crippen LogP contribution >= 0.6 is 0 Å². The topological polar surface area (TPSA) is 53.1 Å². The number of carbonyl (C=O) groups is 2. The molecule has 0 atom stereocenters. The lowest BCUT2D eigenvalue weighted by Gasteiger charge is -2.36. The Bertz CT molecular complexity index is 977. The van der Waals surface area contributed by atoms with Crippen LogP contribution in [0.2, 0.25) is 0 Å². The summed E-state index contributed by atoms with van der Waals surface area (Å²) in [5.74, 6) is 0.162. The molecule has 0 aliphatic carbocycles. The van der Waals surface area contributed by atoms with E-state index in [4.69, 9.17) is 4.74 Å². The van der Waals surface area contributed by atoms with Gasteiger partial charge in [0.1, 0.15) is 11.4 Å². The summed E-state index contributed by atoms with van der Waals surface area (Å²) in [5, 5.41) is 0. The van der Waals surface area contributed by atoms with Crippen molar-refractivity contribution < 1.29 is 14.3 Å². The number of imide groups is 1. The molecule has 0 unspecified atom stereocenters. The minimum absolute atomic E-state index is 0.224. The Labute approximate surface area is 183 Å². The molecule has 162 valence electrons. The number of nitrogens with zero attached hydrogens (tertiary/aromatic N) is 3.